The molecule has 0 radical (unpaired) electrons. The van der Waals surface area contributed by atoms with Gasteiger partial charge in [0.25, 0.3) is 0 Å². The molecule has 1 saturated carbocycles. The van der Waals surface area contributed by atoms with Gasteiger partial charge in [0, 0.05) is 24.3 Å². The third-order valence-electron chi connectivity index (χ3n) is 6.03. The summed E-state index contributed by atoms with van der Waals surface area (Å²) >= 11 is 0. The lowest BCUT2D eigenvalue weighted by Crippen LogP contribution is -2.25. The van der Waals surface area contributed by atoms with Crippen molar-refractivity contribution < 1.29 is 9.47 Å². The van der Waals surface area contributed by atoms with Gasteiger partial charge in [-0.3, -0.25) is 4.98 Å². The quantitative estimate of drug-likeness (QED) is 0.633. The fourth-order valence-electron chi connectivity index (χ4n) is 4.45. The van der Waals surface area contributed by atoms with Gasteiger partial charge in [0.15, 0.2) is 0 Å². The van der Waals surface area contributed by atoms with Crippen LogP contribution in [0.3, 0.4) is 0 Å². The number of rotatable bonds is 5. The zero-order chi connectivity index (χ0) is 20.3. The third-order valence-corrected chi connectivity index (χ3v) is 6.03. The van der Waals surface area contributed by atoms with E-state index >= 15 is 0 Å². The molecule has 1 aliphatic heterocycles. The van der Waals surface area contributed by atoms with Crippen LogP contribution >= 0.6 is 0 Å². The standard InChI is InChI=1S/C24H26N4O2/c1-16-25-8-6-20(28-16)12-17-2-4-21(5-3-17)30-23-14-19(18-7-11-29-15-18)13-22-24(23)27-10-9-26-22/h6-10,13-14,17,21H,2-5,11-12,15H2,1H3. The van der Waals surface area contributed by atoms with E-state index < -0.39 is 0 Å². The maximum Gasteiger partial charge on any atom is 0.148 e. The summed E-state index contributed by atoms with van der Waals surface area (Å²) < 4.78 is 12.0. The number of benzene rings is 1. The van der Waals surface area contributed by atoms with Crippen LogP contribution in [0, 0.1) is 12.8 Å². The molecule has 0 amide bonds. The highest BCUT2D eigenvalue weighted by Crippen LogP contribution is 2.34. The Morgan fingerprint density at radius 1 is 1.03 bits per heavy atom. The van der Waals surface area contributed by atoms with Crippen LogP contribution in [-0.4, -0.2) is 39.3 Å². The summed E-state index contributed by atoms with van der Waals surface area (Å²) in [6.45, 7) is 3.25. The lowest BCUT2D eigenvalue weighted by Gasteiger charge is -2.29. The van der Waals surface area contributed by atoms with E-state index in [1.54, 1.807) is 12.4 Å². The van der Waals surface area contributed by atoms with Gasteiger partial charge in [0.1, 0.15) is 17.1 Å². The third kappa shape index (κ3) is 4.19. The number of aryl methyl sites for hydroxylation is 1. The number of nitrogens with zero attached hydrogens (tertiary/aromatic N) is 4. The van der Waals surface area contributed by atoms with Crippen LogP contribution in [0.4, 0.5) is 0 Å². The maximum atomic E-state index is 6.49. The largest absolute Gasteiger partial charge is 0.488 e. The molecule has 2 aromatic heterocycles. The van der Waals surface area contributed by atoms with E-state index in [0.717, 1.165) is 66.0 Å². The molecule has 1 fully saturated rings. The minimum atomic E-state index is 0.211. The molecule has 3 heterocycles. The van der Waals surface area contributed by atoms with E-state index in [0.29, 0.717) is 19.1 Å². The molecule has 6 heteroatoms. The molecule has 3 aromatic rings. The zero-order valence-corrected chi connectivity index (χ0v) is 17.3. The number of aromatic nitrogens is 4. The summed E-state index contributed by atoms with van der Waals surface area (Å²) in [7, 11) is 0. The highest BCUT2D eigenvalue weighted by molar-refractivity contribution is 5.86. The van der Waals surface area contributed by atoms with Gasteiger partial charge in [-0.1, -0.05) is 6.08 Å². The fourth-order valence-corrected chi connectivity index (χ4v) is 4.45. The van der Waals surface area contributed by atoms with Gasteiger partial charge in [-0.05, 0) is 74.3 Å². The van der Waals surface area contributed by atoms with Gasteiger partial charge in [-0.15, -0.1) is 0 Å². The Balaban J connectivity index is 1.29. The second kappa shape index (κ2) is 8.48. The van der Waals surface area contributed by atoms with Gasteiger partial charge in [0.05, 0.1) is 24.8 Å². The molecular formula is C24H26N4O2. The highest BCUT2D eigenvalue weighted by Gasteiger charge is 2.24. The molecular weight excluding hydrogens is 376 g/mol. The van der Waals surface area contributed by atoms with Gasteiger partial charge < -0.3 is 9.47 Å². The van der Waals surface area contributed by atoms with Crippen LogP contribution in [0.25, 0.3) is 16.6 Å². The molecule has 1 aliphatic carbocycles. The van der Waals surface area contributed by atoms with Crippen molar-refractivity contribution in [2.45, 2.75) is 45.1 Å². The topological polar surface area (TPSA) is 70.0 Å². The highest BCUT2D eigenvalue weighted by atomic mass is 16.5. The number of hydrogen-bond donors (Lipinski definition) is 0. The molecule has 0 N–H and O–H groups in total. The first-order valence-corrected chi connectivity index (χ1v) is 10.7. The molecule has 30 heavy (non-hydrogen) atoms. The smallest absolute Gasteiger partial charge is 0.148 e. The first-order chi connectivity index (χ1) is 14.7. The van der Waals surface area contributed by atoms with Gasteiger partial charge in [0.2, 0.25) is 0 Å². The SMILES string of the molecule is Cc1nccc(CC2CCC(Oc3cc(C4=CCOC4)cc4nccnc34)CC2)n1. The Labute approximate surface area is 176 Å². The van der Waals surface area contributed by atoms with Gasteiger partial charge in [-0.2, -0.15) is 0 Å². The van der Waals surface area contributed by atoms with E-state index in [1.807, 2.05) is 19.2 Å². The molecule has 5 rings (SSSR count). The molecule has 2 aliphatic rings. The molecule has 0 bridgehead atoms. The molecule has 6 nitrogen and oxygen atoms in total. The van der Waals surface area contributed by atoms with Crippen LogP contribution in [0.15, 0.2) is 42.9 Å². The van der Waals surface area contributed by atoms with Crippen molar-refractivity contribution in [3.8, 4) is 5.75 Å². The van der Waals surface area contributed by atoms with Crippen LogP contribution in [0.2, 0.25) is 0 Å². The van der Waals surface area contributed by atoms with E-state index in [4.69, 9.17) is 9.47 Å². The predicted octanol–water partition coefficient (Wildman–Crippen LogP) is 4.32. The summed E-state index contributed by atoms with van der Waals surface area (Å²) in [5.74, 6) is 2.33. The Kier molecular flexibility index (Phi) is 5.41. The molecule has 154 valence electrons. The van der Waals surface area contributed by atoms with Crippen molar-refractivity contribution in [3.05, 3.63) is 59.9 Å². The zero-order valence-electron chi connectivity index (χ0n) is 17.3. The Morgan fingerprint density at radius 3 is 2.70 bits per heavy atom. The van der Waals surface area contributed by atoms with Crippen LogP contribution in [0.5, 0.6) is 5.75 Å². The van der Waals surface area contributed by atoms with Crippen LogP contribution in [-0.2, 0) is 11.2 Å². The van der Waals surface area contributed by atoms with E-state index in [1.165, 1.54) is 5.57 Å². The lowest BCUT2D eigenvalue weighted by atomic mass is 9.84. The van der Waals surface area contributed by atoms with Gasteiger partial charge in [-0.25, -0.2) is 15.0 Å². The number of fused-ring (bicyclic) bond motifs is 1. The summed E-state index contributed by atoms with van der Waals surface area (Å²) in [5, 5.41) is 0. The first kappa shape index (κ1) is 19.1. The van der Waals surface area contributed by atoms with Crippen molar-refractivity contribution in [1.82, 2.24) is 19.9 Å². The second-order valence-electron chi connectivity index (χ2n) is 8.20. The second-order valence-corrected chi connectivity index (χ2v) is 8.20. The molecule has 0 spiro atoms. The van der Waals surface area contributed by atoms with Crippen LogP contribution < -0.4 is 4.74 Å². The number of hydrogen-bond acceptors (Lipinski definition) is 6. The van der Waals surface area contributed by atoms with Crippen molar-refractivity contribution >= 4 is 16.6 Å². The van der Waals surface area contributed by atoms with Crippen LogP contribution in [0.1, 0.15) is 42.8 Å². The summed E-state index contributed by atoms with van der Waals surface area (Å²) in [5.41, 5.74) is 5.15. The van der Waals surface area contributed by atoms with E-state index in [9.17, 15) is 0 Å². The number of ether oxygens (including phenoxy) is 2. The molecule has 1 aromatic carbocycles. The van der Waals surface area contributed by atoms with Gasteiger partial charge >= 0.3 is 0 Å². The van der Waals surface area contributed by atoms with Crippen molar-refractivity contribution in [1.29, 1.82) is 0 Å². The summed E-state index contributed by atoms with van der Waals surface area (Å²) in [6, 6.07) is 6.22. The molecule has 0 unspecified atom stereocenters. The Morgan fingerprint density at radius 2 is 1.90 bits per heavy atom. The lowest BCUT2D eigenvalue weighted by molar-refractivity contribution is 0.132. The van der Waals surface area contributed by atoms with Crippen molar-refractivity contribution in [3.63, 3.8) is 0 Å². The fraction of sp³-hybridized carbons (Fsp3) is 0.417. The Hall–Kier alpha value is -2.86. The van der Waals surface area contributed by atoms with E-state index in [2.05, 4.69) is 38.1 Å². The van der Waals surface area contributed by atoms with E-state index in [-0.39, 0.29) is 6.10 Å². The summed E-state index contributed by atoms with van der Waals surface area (Å²) in [4.78, 5) is 17.8. The average Bonchev–Trinajstić information content (AvgIpc) is 3.30. The predicted molar refractivity (Wildman–Crippen MR) is 115 cm³/mol. The first-order valence-electron chi connectivity index (χ1n) is 10.7. The normalized spacial score (nSPS) is 21.6. The monoisotopic (exact) mass is 402 g/mol. The molecule has 0 atom stereocenters. The summed E-state index contributed by atoms with van der Waals surface area (Å²) in [6.07, 6.45) is 13.1. The Bertz CT molecular complexity index is 1070. The maximum absolute atomic E-state index is 6.49. The minimum absolute atomic E-state index is 0.211. The average molecular weight is 402 g/mol. The minimum Gasteiger partial charge on any atom is -0.488 e. The molecule has 0 saturated heterocycles. The van der Waals surface area contributed by atoms with Crippen molar-refractivity contribution in [2.24, 2.45) is 5.92 Å². The van der Waals surface area contributed by atoms with Crippen molar-refractivity contribution in [2.75, 3.05) is 13.2 Å².